The minimum absolute atomic E-state index is 0.0335. The third kappa shape index (κ3) is 2.94. The van der Waals surface area contributed by atoms with E-state index in [1.54, 1.807) is 0 Å². The zero-order chi connectivity index (χ0) is 12.3. The van der Waals surface area contributed by atoms with Crippen molar-refractivity contribution in [2.75, 3.05) is 20.2 Å². The maximum atomic E-state index is 13.6. The van der Waals surface area contributed by atoms with Crippen LogP contribution in [0.3, 0.4) is 0 Å². The van der Waals surface area contributed by atoms with Crippen LogP contribution in [-0.4, -0.2) is 20.2 Å². The molecule has 0 amide bonds. The zero-order valence-corrected chi connectivity index (χ0v) is 9.93. The summed E-state index contributed by atoms with van der Waals surface area (Å²) in [5.41, 5.74) is 0.440. The van der Waals surface area contributed by atoms with E-state index in [1.165, 1.54) is 13.2 Å². The van der Waals surface area contributed by atoms with Crippen LogP contribution in [0.1, 0.15) is 18.4 Å². The van der Waals surface area contributed by atoms with Crippen LogP contribution in [0.25, 0.3) is 0 Å². The summed E-state index contributed by atoms with van der Waals surface area (Å²) in [6.45, 7) is 2.02. The SMILES string of the molecule is COc1cc(F)c(CCC2CCNC2)cc1F. The van der Waals surface area contributed by atoms with E-state index in [2.05, 4.69) is 5.32 Å². The Kier molecular flexibility index (Phi) is 3.94. The normalized spacial score (nSPS) is 19.6. The standard InChI is InChI=1S/C13H17F2NO/c1-17-13-7-11(14)10(6-12(13)15)3-2-9-4-5-16-8-9/h6-7,9,16H,2-5,8H2,1H3. The summed E-state index contributed by atoms with van der Waals surface area (Å²) in [5.74, 6) is -0.323. The Labute approximate surface area is 100.0 Å². The van der Waals surface area contributed by atoms with Crippen molar-refractivity contribution in [3.05, 3.63) is 29.3 Å². The number of nitrogens with one attached hydrogen (secondary N) is 1. The summed E-state index contributed by atoms with van der Waals surface area (Å²) in [6.07, 6.45) is 2.61. The lowest BCUT2D eigenvalue weighted by molar-refractivity contribution is 0.381. The molecule has 0 aromatic heterocycles. The Morgan fingerprint density at radius 3 is 2.82 bits per heavy atom. The summed E-state index contributed by atoms with van der Waals surface area (Å²) in [5, 5.41) is 3.27. The number of hydrogen-bond acceptors (Lipinski definition) is 2. The molecule has 1 heterocycles. The lowest BCUT2D eigenvalue weighted by Crippen LogP contribution is -2.09. The quantitative estimate of drug-likeness (QED) is 0.874. The molecular weight excluding hydrogens is 224 g/mol. The van der Waals surface area contributed by atoms with Gasteiger partial charge in [0.15, 0.2) is 11.6 Å². The van der Waals surface area contributed by atoms with Gasteiger partial charge >= 0.3 is 0 Å². The number of halogens is 2. The van der Waals surface area contributed by atoms with Crippen LogP contribution >= 0.6 is 0 Å². The van der Waals surface area contributed by atoms with Crippen molar-refractivity contribution >= 4 is 0 Å². The van der Waals surface area contributed by atoms with Crippen molar-refractivity contribution in [2.24, 2.45) is 5.92 Å². The van der Waals surface area contributed by atoms with Crippen LogP contribution in [0, 0.1) is 17.6 Å². The van der Waals surface area contributed by atoms with Crippen LogP contribution in [0.5, 0.6) is 5.75 Å². The summed E-state index contributed by atoms with van der Waals surface area (Å²) < 4.78 is 31.8. The second-order valence-electron chi connectivity index (χ2n) is 4.48. The topological polar surface area (TPSA) is 21.3 Å². The van der Waals surface area contributed by atoms with E-state index in [9.17, 15) is 8.78 Å². The van der Waals surface area contributed by atoms with Gasteiger partial charge in [-0.2, -0.15) is 0 Å². The molecule has 1 aliphatic rings. The lowest BCUT2D eigenvalue weighted by atomic mass is 9.98. The van der Waals surface area contributed by atoms with E-state index in [-0.39, 0.29) is 11.6 Å². The van der Waals surface area contributed by atoms with Gasteiger partial charge in [-0.05, 0) is 49.9 Å². The first kappa shape index (κ1) is 12.3. The number of ether oxygens (including phenoxy) is 1. The highest BCUT2D eigenvalue weighted by molar-refractivity contribution is 5.30. The second-order valence-corrected chi connectivity index (χ2v) is 4.48. The van der Waals surface area contributed by atoms with Crippen molar-refractivity contribution < 1.29 is 13.5 Å². The van der Waals surface area contributed by atoms with E-state index < -0.39 is 5.82 Å². The van der Waals surface area contributed by atoms with Gasteiger partial charge in [0.2, 0.25) is 0 Å². The predicted octanol–water partition coefficient (Wildman–Crippen LogP) is 2.52. The number of aryl methyl sites for hydroxylation is 1. The minimum Gasteiger partial charge on any atom is -0.494 e. The van der Waals surface area contributed by atoms with E-state index in [1.807, 2.05) is 0 Å². The number of methoxy groups -OCH3 is 1. The Balaban J connectivity index is 2.02. The predicted molar refractivity (Wildman–Crippen MR) is 62.2 cm³/mol. The molecule has 1 N–H and O–H groups in total. The van der Waals surface area contributed by atoms with E-state index in [0.717, 1.165) is 32.0 Å². The highest BCUT2D eigenvalue weighted by atomic mass is 19.1. The van der Waals surface area contributed by atoms with Crippen molar-refractivity contribution in [1.82, 2.24) is 5.32 Å². The molecule has 1 atom stereocenters. The molecule has 1 saturated heterocycles. The maximum Gasteiger partial charge on any atom is 0.165 e. The highest BCUT2D eigenvalue weighted by Gasteiger charge is 2.16. The van der Waals surface area contributed by atoms with Crippen molar-refractivity contribution in [3.63, 3.8) is 0 Å². The molecule has 0 saturated carbocycles. The van der Waals surface area contributed by atoms with E-state index >= 15 is 0 Å². The van der Waals surface area contributed by atoms with Gasteiger partial charge in [-0.1, -0.05) is 0 Å². The van der Waals surface area contributed by atoms with Gasteiger partial charge in [0.05, 0.1) is 7.11 Å². The third-order valence-corrected chi connectivity index (χ3v) is 3.31. The number of rotatable bonds is 4. The highest BCUT2D eigenvalue weighted by Crippen LogP contribution is 2.24. The van der Waals surface area contributed by atoms with Gasteiger partial charge in [-0.25, -0.2) is 8.78 Å². The summed E-state index contributed by atoms with van der Waals surface area (Å²) >= 11 is 0. The molecule has 0 aliphatic carbocycles. The molecule has 17 heavy (non-hydrogen) atoms. The van der Waals surface area contributed by atoms with Crippen molar-refractivity contribution in [1.29, 1.82) is 0 Å². The molecule has 1 aromatic carbocycles. The van der Waals surface area contributed by atoms with Gasteiger partial charge < -0.3 is 10.1 Å². The summed E-state index contributed by atoms with van der Waals surface area (Å²) in [7, 11) is 1.34. The smallest absolute Gasteiger partial charge is 0.165 e. The average molecular weight is 241 g/mol. The summed E-state index contributed by atoms with van der Waals surface area (Å²) in [6, 6.07) is 2.37. The Morgan fingerprint density at radius 1 is 1.35 bits per heavy atom. The van der Waals surface area contributed by atoms with Gasteiger partial charge in [-0.15, -0.1) is 0 Å². The molecule has 1 aromatic rings. The van der Waals surface area contributed by atoms with Crippen molar-refractivity contribution in [3.8, 4) is 5.75 Å². The Morgan fingerprint density at radius 2 is 2.18 bits per heavy atom. The molecule has 1 fully saturated rings. The molecular formula is C13H17F2NO. The average Bonchev–Trinajstić information content (AvgIpc) is 2.82. The first-order valence-electron chi connectivity index (χ1n) is 5.93. The zero-order valence-electron chi connectivity index (χ0n) is 9.93. The number of hydrogen-bond donors (Lipinski definition) is 1. The maximum absolute atomic E-state index is 13.6. The van der Waals surface area contributed by atoms with Crippen molar-refractivity contribution in [2.45, 2.75) is 19.3 Å². The van der Waals surface area contributed by atoms with Crippen LogP contribution < -0.4 is 10.1 Å². The molecule has 94 valence electrons. The fourth-order valence-electron chi connectivity index (χ4n) is 2.24. The fourth-order valence-corrected chi connectivity index (χ4v) is 2.24. The molecule has 0 bridgehead atoms. The van der Waals surface area contributed by atoms with E-state index in [0.29, 0.717) is 17.9 Å². The summed E-state index contributed by atoms with van der Waals surface area (Å²) in [4.78, 5) is 0. The molecule has 2 rings (SSSR count). The molecule has 0 spiro atoms. The Bertz CT molecular complexity index is 389. The van der Waals surface area contributed by atoms with Gasteiger partial charge in [-0.3, -0.25) is 0 Å². The molecule has 0 radical (unpaired) electrons. The molecule has 1 unspecified atom stereocenters. The van der Waals surface area contributed by atoms with Gasteiger partial charge in [0, 0.05) is 6.07 Å². The largest absolute Gasteiger partial charge is 0.494 e. The fraction of sp³-hybridized carbons (Fsp3) is 0.538. The Hall–Kier alpha value is -1.16. The lowest BCUT2D eigenvalue weighted by Gasteiger charge is -2.10. The monoisotopic (exact) mass is 241 g/mol. The van der Waals surface area contributed by atoms with Gasteiger partial charge in [0.25, 0.3) is 0 Å². The van der Waals surface area contributed by atoms with Crippen LogP contribution in [0.2, 0.25) is 0 Å². The molecule has 1 aliphatic heterocycles. The number of benzene rings is 1. The van der Waals surface area contributed by atoms with E-state index in [4.69, 9.17) is 4.74 Å². The first-order chi connectivity index (χ1) is 8.20. The van der Waals surface area contributed by atoms with Gasteiger partial charge in [0.1, 0.15) is 5.82 Å². The molecule has 4 heteroatoms. The first-order valence-corrected chi connectivity index (χ1v) is 5.93. The minimum atomic E-state index is -0.492. The van der Waals surface area contributed by atoms with Crippen LogP contribution in [-0.2, 0) is 6.42 Å². The van der Waals surface area contributed by atoms with Crippen LogP contribution in [0.4, 0.5) is 8.78 Å². The molecule has 2 nitrogen and oxygen atoms in total. The van der Waals surface area contributed by atoms with Crippen LogP contribution in [0.15, 0.2) is 12.1 Å². The second kappa shape index (κ2) is 5.45. The third-order valence-electron chi connectivity index (χ3n) is 3.31.